The van der Waals surface area contributed by atoms with Gasteiger partial charge in [-0.25, -0.2) is 4.39 Å². The number of carbonyl (C=O) groups is 1. The largest absolute Gasteiger partial charge is 0.321 e. The van der Waals surface area contributed by atoms with E-state index in [4.69, 9.17) is 0 Å². The van der Waals surface area contributed by atoms with Crippen molar-refractivity contribution in [3.05, 3.63) is 67.9 Å². The highest BCUT2D eigenvalue weighted by atomic mass is 79.9. The molecule has 0 aliphatic rings. The normalized spacial score (nSPS) is 10.2. The van der Waals surface area contributed by atoms with Crippen LogP contribution in [-0.2, 0) is 0 Å². The summed E-state index contributed by atoms with van der Waals surface area (Å²) in [6.07, 6.45) is 0. The van der Waals surface area contributed by atoms with Crippen molar-refractivity contribution in [3.63, 3.8) is 0 Å². The zero-order valence-electron chi connectivity index (χ0n) is 10.9. The Morgan fingerprint density at radius 1 is 1.29 bits per heavy atom. The molecule has 0 unspecified atom stereocenters. The maximum atomic E-state index is 13.2. The maximum absolute atomic E-state index is 13.2. The Hall–Kier alpha value is -2.28. The molecule has 0 atom stereocenters. The Labute approximate surface area is 128 Å². The molecule has 0 saturated heterocycles. The molecule has 0 heterocycles. The summed E-state index contributed by atoms with van der Waals surface area (Å²) in [6, 6.07) is 7.94. The van der Waals surface area contributed by atoms with Gasteiger partial charge < -0.3 is 5.32 Å². The second kappa shape index (κ2) is 6.01. The Morgan fingerprint density at radius 2 is 2.00 bits per heavy atom. The zero-order valence-corrected chi connectivity index (χ0v) is 12.5. The van der Waals surface area contributed by atoms with Crippen LogP contribution in [0.3, 0.4) is 0 Å². The maximum Gasteiger partial charge on any atom is 0.270 e. The second-order valence-corrected chi connectivity index (χ2v) is 5.25. The monoisotopic (exact) mass is 352 g/mol. The fraction of sp³-hybridized carbons (Fsp3) is 0.0714. The predicted octanol–water partition coefficient (Wildman–Crippen LogP) is 4.06. The standard InChI is InChI=1S/C14H10BrFN2O3/c1-8-4-9(6-11(5-8)18(20)21)14(19)17-13-7-10(16)2-3-12(13)15/h2-7H,1H3,(H,17,19). The number of halogens is 2. The quantitative estimate of drug-likeness (QED) is 0.668. The Bertz CT molecular complexity index is 734. The summed E-state index contributed by atoms with van der Waals surface area (Å²) in [5, 5.41) is 13.3. The summed E-state index contributed by atoms with van der Waals surface area (Å²) < 4.78 is 13.7. The van der Waals surface area contributed by atoms with Crippen molar-refractivity contribution >= 4 is 33.2 Å². The number of nitro groups is 1. The zero-order chi connectivity index (χ0) is 15.6. The minimum Gasteiger partial charge on any atom is -0.321 e. The van der Waals surface area contributed by atoms with E-state index in [9.17, 15) is 19.3 Å². The molecule has 2 rings (SSSR count). The van der Waals surface area contributed by atoms with Crippen molar-refractivity contribution in [1.82, 2.24) is 0 Å². The molecular weight excluding hydrogens is 343 g/mol. The number of nitrogens with zero attached hydrogens (tertiary/aromatic N) is 1. The van der Waals surface area contributed by atoms with Gasteiger partial charge in [0, 0.05) is 22.2 Å². The average molecular weight is 353 g/mol. The van der Waals surface area contributed by atoms with Gasteiger partial charge in [-0.05, 0) is 52.7 Å². The van der Waals surface area contributed by atoms with Gasteiger partial charge in [0.25, 0.3) is 11.6 Å². The van der Waals surface area contributed by atoms with Gasteiger partial charge in [0.05, 0.1) is 10.6 Å². The molecule has 5 nitrogen and oxygen atoms in total. The number of carbonyl (C=O) groups excluding carboxylic acids is 1. The van der Waals surface area contributed by atoms with Crippen molar-refractivity contribution in [2.24, 2.45) is 0 Å². The van der Waals surface area contributed by atoms with E-state index in [0.717, 1.165) is 6.07 Å². The first-order valence-corrected chi connectivity index (χ1v) is 6.68. The molecule has 0 bridgehead atoms. The lowest BCUT2D eigenvalue weighted by Crippen LogP contribution is -2.13. The number of benzene rings is 2. The number of nitro benzene ring substituents is 1. The molecule has 0 radical (unpaired) electrons. The van der Waals surface area contributed by atoms with Crippen LogP contribution < -0.4 is 5.32 Å². The summed E-state index contributed by atoms with van der Waals surface area (Å²) >= 11 is 3.19. The lowest BCUT2D eigenvalue weighted by molar-refractivity contribution is -0.384. The minimum atomic E-state index is -0.568. The molecule has 2 aromatic carbocycles. The molecule has 2 aromatic rings. The van der Waals surface area contributed by atoms with Crippen molar-refractivity contribution in [2.45, 2.75) is 6.92 Å². The number of hydrogen-bond acceptors (Lipinski definition) is 3. The van der Waals surface area contributed by atoms with Gasteiger partial charge in [-0.1, -0.05) is 0 Å². The summed E-state index contributed by atoms with van der Waals surface area (Å²) in [7, 11) is 0. The Balaban J connectivity index is 2.32. The van der Waals surface area contributed by atoms with E-state index < -0.39 is 16.6 Å². The third-order valence-electron chi connectivity index (χ3n) is 2.71. The van der Waals surface area contributed by atoms with Crippen LogP contribution >= 0.6 is 15.9 Å². The van der Waals surface area contributed by atoms with Gasteiger partial charge in [0.15, 0.2) is 0 Å². The van der Waals surface area contributed by atoms with Crippen LogP contribution in [0.25, 0.3) is 0 Å². The third kappa shape index (κ3) is 3.63. The fourth-order valence-electron chi connectivity index (χ4n) is 1.79. The molecule has 0 spiro atoms. The van der Waals surface area contributed by atoms with Crippen molar-refractivity contribution in [1.29, 1.82) is 0 Å². The fourth-order valence-corrected chi connectivity index (χ4v) is 2.13. The molecule has 0 fully saturated rings. The molecule has 0 saturated carbocycles. The van der Waals surface area contributed by atoms with Crippen LogP contribution in [-0.4, -0.2) is 10.8 Å². The highest BCUT2D eigenvalue weighted by Gasteiger charge is 2.14. The Morgan fingerprint density at radius 3 is 2.67 bits per heavy atom. The van der Waals surface area contributed by atoms with Crippen molar-refractivity contribution in [3.8, 4) is 0 Å². The number of amides is 1. The van der Waals surface area contributed by atoms with E-state index >= 15 is 0 Å². The van der Waals surface area contributed by atoms with Crippen LogP contribution in [0.2, 0.25) is 0 Å². The highest BCUT2D eigenvalue weighted by Crippen LogP contribution is 2.24. The van der Waals surface area contributed by atoms with Gasteiger partial charge in [-0.15, -0.1) is 0 Å². The van der Waals surface area contributed by atoms with Gasteiger partial charge >= 0.3 is 0 Å². The predicted molar refractivity (Wildman–Crippen MR) is 79.9 cm³/mol. The lowest BCUT2D eigenvalue weighted by Gasteiger charge is -2.08. The second-order valence-electron chi connectivity index (χ2n) is 4.39. The van der Waals surface area contributed by atoms with E-state index in [2.05, 4.69) is 21.2 Å². The molecule has 0 aliphatic heterocycles. The smallest absolute Gasteiger partial charge is 0.270 e. The average Bonchev–Trinajstić information content (AvgIpc) is 2.42. The van der Waals surface area contributed by atoms with E-state index in [0.29, 0.717) is 10.0 Å². The van der Waals surface area contributed by atoms with E-state index in [1.54, 1.807) is 6.92 Å². The first kappa shape index (κ1) is 15.1. The number of anilines is 1. The van der Waals surface area contributed by atoms with Gasteiger partial charge in [-0.3, -0.25) is 14.9 Å². The van der Waals surface area contributed by atoms with E-state index in [1.165, 1.54) is 30.3 Å². The molecule has 21 heavy (non-hydrogen) atoms. The molecule has 108 valence electrons. The van der Waals surface area contributed by atoms with E-state index in [1.807, 2.05) is 0 Å². The SMILES string of the molecule is Cc1cc(C(=O)Nc2cc(F)ccc2Br)cc([N+](=O)[O-])c1. The number of non-ortho nitro benzene ring substituents is 1. The summed E-state index contributed by atoms with van der Waals surface area (Å²) in [4.78, 5) is 22.4. The van der Waals surface area contributed by atoms with Crippen LogP contribution in [0.5, 0.6) is 0 Å². The van der Waals surface area contributed by atoms with Crippen molar-refractivity contribution in [2.75, 3.05) is 5.32 Å². The van der Waals surface area contributed by atoms with Crippen LogP contribution in [0, 0.1) is 22.9 Å². The molecule has 1 N–H and O–H groups in total. The third-order valence-corrected chi connectivity index (χ3v) is 3.40. The number of nitrogens with one attached hydrogen (secondary N) is 1. The Kier molecular flexibility index (Phi) is 4.32. The van der Waals surface area contributed by atoms with Gasteiger partial charge in [0.2, 0.25) is 0 Å². The summed E-state index contributed by atoms with van der Waals surface area (Å²) in [5.41, 5.74) is 0.813. The minimum absolute atomic E-state index is 0.137. The lowest BCUT2D eigenvalue weighted by atomic mass is 10.1. The molecule has 7 heteroatoms. The van der Waals surface area contributed by atoms with Gasteiger partial charge in [0.1, 0.15) is 5.82 Å². The summed E-state index contributed by atoms with van der Waals surface area (Å²) in [5.74, 6) is -1.04. The topological polar surface area (TPSA) is 72.2 Å². The molecule has 0 aliphatic carbocycles. The number of aryl methyl sites for hydroxylation is 1. The summed E-state index contributed by atoms with van der Waals surface area (Å²) in [6.45, 7) is 1.65. The van der Waals surface area contributed by atoms with Crippen LogP contribution in [0.4, 0.5) is 15.8 Å². The van der Waals surface area contributed by atoms with E-state index in [-0.39, 0.29) is 16.9 Å². The molecule has 0 aromatic heterocycles. The van der Waals surface area contributed by atoms with Crippen LogP contribution in [0.1, 0.15) is 15.9 Å². The number of hydrogen-bond donors (Lipinski definition) is 1. The molecule has 1 amide bonds. The highest BCUT2D eigenvalue weighted by molar-refractivity contribution is 9.10. The first-order chi connectivity index (χ1) is 9.86. The molecular formula is C14H10BrFN2O3. The first-order valence-electron chi connectivity index (χ1n) is 5.89. The number of rotatable bonds is 3. The van der Waals surface area contributed by atoms with Gasteiger partial charge in [-0.2, -0.15) is 0 Å². The van der Waals surface area contributed by atoms with Crippen molar-refractivity contribution < 1.29 is 14.1 Å². The van der Waals surface area contributed by atoms with Crippen LogP contribution in [0.15, 0.2) is 40.9 Å².